The van der Waals surface area contributed by atoms with E-state index in [-0.39, 0.29) is 11.8 Å². The van der Waals surface area contributed by atoms with E-state index >= 15 is 0 Å². The Morgan fingerprint density at radius 2 is 2.14 bits per heavy atom. The van der Waals surface area contributed by atoms with Gasteiger partial charge in [-0.25, -0.2) is 8.42 Å². The summed E-state index contributed by atoms with van der Waals surface area (Å²) in [6.45, 7) is 1.85. The van der Waals surface area contributed by atoms with Crippen LogP contribution in [0.1, 0.15) is 25.0 Å². The Hall–Kier alpha value is -1.41. The number of nitrogens with zero attached hydrogens (tertiary/aromatic N) is 3. The van der Waals surface area contributed by atoms with Gasteiger partial charge >= 0.3 is 0 Å². The van der Waals surface area contributed by atoms with Crippen LogP contribution in [0.25, 0.3) is 0 Å². The normalized spacial score (nSPS) is 22.9. The molecule has 1 amide bonds. The molecule has 2 heterocycles. The molecule has 1 aromatic rings. The summed E-state index contributed by atoms with van der Waals surface area (Å²) in [6, 6.07) is 1.84. The summed E-state index contributed by atoms with van der Waals surface area (Å²) in [5.74, 6) is 0.650. The average Bonchev–Trinajstić information content (AvgIpc) is 3.17. The van der Waals surface area contributed by atoms with Crippen molar-refractivity contribution in [3.05, 3.63) is 18.0 Å². The first-order chi connectivity index (χ1) is 10.4. The van der Waals surface area contributed by atoms with Crippen LogP contribution in [0.15, 0.2) is 12.3 Å². The number of hydrogen-bond donors (Lipinski definition) is 1. The molecule has 0 bridgehead atoms. The predicted molar refractivity (Wildman–Crippen MR) is 81.3 cm³/mol. The molecule has 3 rings (SSSR count). The van der Waals surface area contributed by atoms with Gasteiger partial charge < -0.3 is 5.32 Å². The van der Waals surface area contributed by atoms with Crippen LogP contribution >= 0.6 is 0 Å². The van der Waals surface area contributed by atoms with E-state index in [1.54, 1.807) is 6.20 Å². The van der Waals surface area contributed by atoms with Crippen molar-refractivity contribution in [3.63, 3.8) is 0 Å². The summed E-state index contributed by atoms with van der Waals surface area (Å²) in [6.07, 6.45) is 5.80. The molecule has 1 N–H and O–H groups in total. The fraction of sp³-hybridized carbons (Fsp3) is 0.714. The van der Waals surface area contributed by atoms with Crippen molar-refractivity contribution in [1.82, 2.24) is 19.4 Å². The molecule has 7 nitrogen and oxygen atoms in total. The minimum atomic E-state index is -3.27. The van der Waals surface area contributed by atoms with Crippen LogP contribution in [0.5, 0.6) is 0 Å². The van der Waals surface area contributed by atoms with Gasteiger partial charge in [0.2, 0.25) is 15.9 Å². The molecule has 1 aliphatic carbocycles. The summed E-state index contributed by atoms with van der Waals surface area (Å²) in [5.41, 5.74) is 0.886. The van der Waals surface area contributed by atoms with E-state index in [2.05, 4.69) is 10.4 Å². The molecule has 0 saturated heterocycles. The fourth-order valence-corrected chi connectivity index (χ4v) is 3.64. The number of carbonyl (C=O) groups excluding carboxylic acids is 1. The highest BCUT2D eigenvalue weighted by molar-refractivity contribution is 7.88. The summed E-state index contributed by atoms with van der Waals surface area (Å²) < 4.78 is 27.1. The summed E-state index contributed by atoms with van der Waals surface area (Å²) in [7, 11) is -3.27. The van der Waals surface area contributed by atoms with Gasteiger partial charge in [-0.1, -0.05) is 0 Å². The van der Waals surface area contributed by atoms with Gasteiger partial charge in [-0.05, 0) is 24.8 Å². The monoisotopic (exact) mass is 326 g/mol. The van der Waals surface area contributed by atoms with E-state index in [1.807, 2.05) is 10.7 Å². The van der Waals surface area contributed by atoms with Gasteiger partial charge in [0.25, 0.3) is 0 Å². The molecule has 0 radical (unpaired) electrons. The maximum absolute atomic E-state index is 11.9. The third-order valence-electron chi connectivity index (χ3n) is 4.26. The lowest BCUT2D eigenvalue weighted by molar-refractivity contribution is -0.121. The van der Waals surface area contributed by atoms with Gasteiger partial charge in [0.15, 0.2) is 0 Å². The molecule has 8 heteroatoms. The van der Waals surface area contributed by atoms with Crippen LogP contribution in [-0.2, 0) is 27.9 Å². The highest BCUT2D eigenvalue weighted by Crippen LogP contribution is 2.32. The zero-order valence-electron chi connectivity index (χ0n) is 12.7. The van der Waals surface area contributed by atoms with E-state index in [1.165, 1.54) is 10.6 Å². The van der Waals surface area contributed by atoms with E-state index < -0.39 is 10.0 Å². The Labute approximate surface area is 130 Å². The second-order valence-electron chi connectivity index (χ2n) is 6.38. The lowest BCUT2D eigenvalue weighted by atomic mass is 10.1. The Kier molecular flexibility index (Phi) is 4.22. The van der Waals surface area contributed by atoms with Crippen LogP contribution < -0.4 is 5.32 Å². The fourth-order valence-electron chi connectivity index (χ4n) is 2.79. The lowest BCUT2D eigenvalue weighted by Crippen LogP contribution is -2.38. The predicted octanol–water partition coefficient (Wildman–Crippen LogP) is 0.191. The SMILES string of the molecule is CS(=O)(=O)N1Cc2ccnn2CC(CNC(=O)CC2CC2)C1. The molecule has 1 atom stereocenters. The van der Waals surface area contributed by atoms with Crippen molar-refractivity contribution in [2.75, 3.05) is 19.3 Å². The number of hydrogen-bond acceptors (Lipinski definition) is 4. The van der Waals surface area contributed by atoms with Crippen LogP contribution in [0.4, 0.5) is 0 Å². The molecule has 1 aliphatic heterocycles. The van der Waals surface area contributed by atoms with E-state index in [0.29, 0.717) is 38.5 Å². The number of sulfonamides is 1. The molecule has 1 aromatic heterocycles. The number of carbonyl (C=O) groups is 1. The van der Waals surface area contributed by atoms with Gasteiger partial charge in [-0.2, -0.15) is 9.40 Å². The zero-order chi connectivity index (χ0) is 15.7. The number of aromatic nitrogens is 2. The maximum atomic E-state index is 11.9. The first-order valence-corrected chi connectivity index (χ1v) is 9.49. The molecule has 0 spiro atoms. The van der Waals surface area contributed by atoms with Crippen molar-refractivity contribution < 1.29 is 13.2 Å². The Balaban J connectivity index is 1.65. The molecule has 1 saturated carbocycles. The van der Waals surface area contributed by atoms with Crippen LogP contribution in [0.3, 0.4) is 0 Å². The number of rotatable bonds is 5. The second-order valence-corrected chi connectivity index (χ2v) is 8.36. The molecule has 1 unspecified atom stereocenters. The summed E-state index contributed by atoms with van der Waals surface area (Å²) in [5, 5.41) is 7.20. The zero-order valence-corrected chi connectivity index (χ0v) is 13.6. The van der Waals surface area contributed by atoms with Crippen molar-refractivity contribution >= 4 is 15.9 Å². The summed E-state index contributed by atoms with van der Waals surface area (Å²) in [4.78, 5) is 11.8. The third kappa shape index (κ3) is 3.86. The Morgan fingerprint density at radius 3 is 2.82 bits per heavy atom. The Bertz CT molecular complexity index is 651. The van der Waals surface area contributed by atoms with Gasteiger partial charge in [-0.15, -0.1) is 0 Å². The number of nitrogens with one attached hydrogen (secondary N) is 1. The van der Waals surface area contributed by atoms with Gasteiger partial charge in [0.05, 0.1) is 18.5 Å². The largest absolute Gasteiger partial charge is 0.356 e. The van der Waals surface area contributed by atoms with Crippen LogP contribution in [0, 0.1) is 11.8 Å². The second kappa shape index (κ2) is 6.00. The molecule has 122 valence electrons. The molecule has 22 heavy (non-hydrogen) atoms. The van der Waals surface area contributed by atoms with Gasteiger partial charge in [0.1, 0.15) is 0 Å². The molecule has 1 fully saturated rings. The lowest BCUT2D eigenvalue weighted by Gasteiger charge is -2.22. The quantitative estimate of drug-likeness (QED) is 0.837. The Morgan fingerprint density at radius 1 is 1.36 bits per heavy atom. The smallest absolute Gasteiger partial charge is 0.220 e. The minimum absolute atomic E-state index is 0.0269. The van der Waals surface area contributed by atoms with Crippen LogP contribution in [-0.4, -0.2) is 47.8 Å². The average molecular weight is 326 g/mol. The van der Waals surface area contributed by atoms with E-state index in [0.717, 1.165) is 18.5 Å². The van der Waals surface area contributed by atoms with Crippen molar-refractivity contribution in [2.45, 2.75) is 32.4 Å². The van der Waals surface area contributed by atoms with E-state index in [9.17, 15) is 13.2 Å². The van der Waals surface area contributed by atoms with Gasteiger partial charge in [0, 0.05) is 38.2 Å². The topological polar surface area (TPSA) is 84.3 Å². The first kappa shape index (κ1) is 15.5. The standard InChI is InChI=1S/C14H22N4O3S/c1-22(20,21)17-8-12(7-15-14(19)6-11-2-3-11)9-18-13(10-17)4-5-16-18/h4-5,11-12H,2-3,6-10H2,1H3,(H,15,19). The molecule has 0 aromatic carbocycles. The highest BCUT2D eigenvalue weighted by atomic mass is 32.2. The van der Waals surface area contributed by atoms with Gasteiger partial charge in [-0.3, -0.25) is 9.48 Å². The number of amides is 1. The molecular formula is C14H22N4O3S. The first-order valence-electron chi connectivity index (χ1n) is 7.64. The summed E-state index contributed by atoms with van der Waals surface area (Å²) >= 11 is 0. The van der Waals surface area contributed by atoms with Crippen molar-refractivity contribution in [3.8, 4) is 0 Å². The third-order valence-corrected chi connectivity index (χ3v) is 5.48. The maximum Gasteiger partial charge on any atom is 0.220 e. The van der Waals surface area contributed by atoms with E-state index in [4.69, 9.17) is 0 Å². The molecular weight excluding hydrogens is 304 g/mol. The van der Waals surface area contributed by atoms with Crippen molar-refractivity contribution in [2.24, 2.45) is 11.8 Å². The van der Waals surface area contributed by atoms with Crippen molar-refractivity contribution in [1.29, 1.82) is 0 Å². The molecule has 2 aliphatic rings. The minimum Gasteiger partial charge on any atom is -0.356 e. The highest BCUT2D eigenvalue weighted by Gasteiger charge is 2.28. The van der Waals surface area contributed by atoms with Crippen LogP contribution in [0.2, 0.25) is 0 Å². The number of fused-ring (bicyclic) bond motifs is 1.